The molecule has 1 saturated heterocycles. The predicted octanol–water partition coefficient (Wildman–Crippen LogP) is 5.06. The molecule has 4 aromatic rings. The molecule has 0 aliphatic carbocycles. The van der Waals surface area contributed by atoms with Gasteiger partial charge in [0, 0.05) is 11.4 Å². The van der Waals surface area contributed by atoms with Gasteiger partial charge in [0.15, 0.2) is 12.4 Å². The molecule has 8 nitrogen and oxygen atoms in total. The fourth-order valence-corrected chi connectivity index (χ4v) is 5.86. The highest BCUT2D eigenvalue weighted by atomic mass is 35.5. The van der Waals surface area contributed by atoms with E-state index in [1.54, 1.807) is 38.5 Å². The maximum atomic E-state index is 12.3. The minimum absolute atomic E-state index is 0.115. The van der Waals surface area contributed by atoms with Gasteiger partial charge in [-0.1, -0.05) is 78.3 Å². The van der Waals surface area contributed by atoms with E-state index in [0.717, 1.165) is 16.7 Å². The van der Waals surface area contributed by atoms with Crippen LogP contribution in [-0.4, -0.2) is 60.1 Å². The molecule has 3 N–H and O–H groups in total. The van der Waals surface area contributed by atoms with E-state index < -0.39 is 35.5 Å². The van der Waals surface area contributed by atoms with Crippen molar-refractivity contribution in [2.45, 2.75) is 30.0 Å². The lowest BCUT2D eigenvalue weighted by Gasteiger charge is -2.39. The Balaban J connectivity index is 1.62. The van der Waals surface area contributed by atoms with Crippen molar-refractivity contribution in [1.82, 2.24) is 0 Å². The largest absolute Gasteiger partial charge is 0.497 e. The number of methoxy groups -OCH3 is 2. The van der Waals surface area contributed by atoms with E-state index in [0.29, 0.717) is 22.1 Å². The van der Waals surface area contributed by atoms with Crippen LogP contribution in [0, 0.1) is 5.92 Å². The van der Waals surface area contributed by atoms with Crippen LogP contribution in [0.4, 0.5) is 0 Å². The van der Waals surface area contributed by atoms with Crippen LogP contribution in [0.1, 0.15) is 22.3 Å². The summed E-state index contributed by atoms with van der Waals surface area (Å²) in [5.74, 6) is -1.22. The van der Waals surface area contributed by atoms with E-state index in [2.05, 4.69) is 0 Å². The van der Waals surface area contributed by atoms with Crippen LogP contribution >= 0.6 is 11.6 Å². The molecule has 4 atom stereocenters. The number of halogens is 1. The molecule has 1 aliphatic rings. The SMILES string of the molecule is COc1ccc(C(OC[C@@H]2[C@@H](O)O[C@H](C(=O)O)[C@]2(O)Cc2ccc(Cl)cc2)(c2ccccc2)c2ccc(OC)cc2)cc1. The van der Waals surface area contributed by atoms with Crippen molar-refractivity contribution < 1.29 is 39.1 Å². The van der Waals surface area contributed by atoms with E-state index in [9.17, 15) is 20.1 Å². The van der Waals surface area contributed by atoms with E-state index in [1.807, 2.05) is 78.9 Å². The maximum Gasteiger partial charge on any atom is 0.336 e. The number of aliphatic carboxylic acids is 1. The van der Waals surface area contributed by atoms with Gasteiger partial charge in [0.25, 0.3) is 0 Å². The van der Waals surface area contributed by atoms with Crippen LogP contribution in [-0.2, 0) is 26.3 Å². The topological polar surface area (TPSA) is 115 Å². The predicted molar refractivity (Wildman–Crippen MR) is 160 cm³/mol. The fraction of sp³-hybridized carbons (Fsp3) is 0.265. The highest BCUT2D eigenvalue weighted by molar-refractivity contribution is 6.30. The second kappa shape index (κ2) is 12.8. The average Bonchev–Trinajstić information content (AvgIpc) is 3.28. The molecule has 9 heteroatoms. The first-order valence-electron chi connectivity index (χ1n) is 13.7. The van der Waals surface area contributed by atoms with Crippen molar-refractivity contribution in [3.63, 3.8) is 0 Å². The molecular weight excluding hydrogens is 572 g/mol. The third-order valence-electron chi connectivity index (χ3n) is 7.99. The second-order valence-corrected chi connectivity index (χ2v) is 10.9. The van der Waals surface area contributed by atoms with Crippen molar-refractivity contribution >= 4 is 17.6 Å². The average molecular weight is 605 g/mol. The van der Waals surface area contributed by atoms with Gasteiger partial charge in [0.2, 0.25) is 0 Å². The molecule has 224 valence electrons. The first-order valence-corrected chi connectivity index (χ1v) is 14.1. The first kappa shape index (κ1) is 30.5. The van der Waals surface area contributed by atoms with Gasteiger partial charge in [-0.3, -0.25) is 0 Å². The molecule has 43 heavy (non-hydrogen) atoms. The van der Waals surface area contributed by atoms with Crippen molar-refractivity contribution in [2.75, 3.05) is 20.8 Å². The first-order chi connectivity index (χ1) is 20.7. The van der Waals surface area contributed by atoms with E-state index >= 15 is 0 Å². The summed E-state index contributed by atoms with van der Waals surface area (Å²) in [5, 5.41) is 33.5. The Morgan fingerprint density at radius 2 is 1.35 bits per heavy atom. The summed E-state index contributed by atoms with van der Waals surface area (Å²) in [6.07, 6.45) is -3.42. The quantitative estimate of drug-likeness (QED) is 0.204. The Bertz CT molecular complexity index is 1460. The highest BCUT2D eigenvalue weighted by Crippen LogP contribution is 2.45. The number of hydrogen-bond acceptors (Lipinski definition) is 7. The molecule has 0 radical (unpaired) electrons. The zero-order chi connectivity index (χ0) is 30.6. The molecule has 0 amide bonds. The Morgan fingerprint density at radius 1 is 0.837 bits per heavy atom. The standard InChI is InChI=1S/C34H33ClO8/c1-40-27-16-10-24(11-17-27)34(23-6-4-3-5-7-23,25-12-18-28(41-2)19-13-25)42-21-29-32(38)43-30(31(36)37)33(29,39)20-22-8-14-26(35)15-9-22/h3-19,29-30,32,38-39H,20-21H2,1-2H3,(H,36,37)/t29-,30-,32+,33+/m1/s1. The molecule has 0 bridgehead atoms. The number of carboxylic acid groups (broad SMARTS) is 1. The van der Waals surface area contributed by atoms with Crippen LogP contribution in [0.25, 0.3) is 0 Å². The number of rotatable bonds is 11. The van der Waals surface area contributed by atoms with Gasteiger partial charge >= 0.3 is 5.97 Å². The minimum atomic E-state index is -2.01. The Morgan fingerprint density at radius 3 is 1.84 bits per heavy atom. The number of carbonyl (C=O) groups is 1. The van der Waals surface area contributed by atoms with Crippen LogP contribution in [0.2, 0.25) is 5.02 Å². The van der Waals surface area contributed by atoms with E-state index in [-0.39, 0.29) is 13.0 Å². The van der Waals surface area contributed by atoms with Crippen molar-refractivity contribution in [2.24, 2.45) is 5.92 Å². The number of carboxylic acids is 1. The molecule has 1 aliphatic heterocycles. The van der Waals surface area contributed by atoms with Crippen molar-refractivity contribution in [1.29, 1.82) is 0 Å². The Labute approximate surface area is 255 Å². The summed E-state index contributed by atoms with van der Waals surface area (Å²) in [6, 6.07) is 31.1. The van der Waals surface area contributed by atoms with E-state index in [1.165, 1.54) is 0 Å². The Hall–Kier alpha value is -3.92. The van der Waals surface area contributed by atoms with Gasteiger partial charge in [-0.2, -0.15) is 0 Å². The normalized spacial score (nSPS) is 21.8. The number of aliphatic hydroxyl groups is 2. The van der Waals surface area contributed by atoms with Crippen LogP contribution in [0.5, 0.6) is 11.5 Å². The summed E-state index contributed by atoms with van der Waals surface area (Å²) in [6.45, 7) is -0.262. The van der Waals surface area contributed by atoms with Gasteiger partial charge in [0.05, 0.1) is 26.7 Å². The van der Waals surface area contributed by atoms with Gasteiger partial charge in [0.1, 0.15) is 22.7 Å². The zero-order valence-corrected chi connectivity index (χ0v) is 24.5. The molecule has 5 rings (SSSR count). The summed E-state index contributed by atoms with van der Waals surface area (Å²) in [4.78, 5) is 12.3. The van der Waals surface area contributed by atoms with Crippen molar-refractivity contribution in [3.8, 4) is 11.5 Å². The van der Waals surface area contributed by atoms with Crippen LogP contribution < -0.4 is 9.47 Å². The Kier molecular flexibility index (Phi) is 9.05. The van der Waals surface area contributed by atoms with Gasteiger partial charge < -0.3 is 34.3 Å². The third kappa shape index (κ3) is 5.98. The van der Waals surface area contributed by atoms with Gasteiger partial charge in [-0.25, -0.2) is 4.79 Å². The molecule has 0 saturated carbocycles. The lowest BCUT2D eigenvalue weighted by atomic mass is 9.78. The number of ether oxygens (including phenoxy) is 4. The fourth-order valence-electron chi connectivity index (χ4n) is 5.73. The lowest BCUT2D eigenvalue weighted by molar-refractivity contribution is -0.168. The minimum Gasteiger partial charge on any atom is -0.497 e. The molecule has 0 spiro atoms. The molecule has 4 aromatic carbocycles. The molecule has 0 aromatic heterocycles. The monoisotopic (exact) mass is 604 g/mol. The molecule has 1 heterocycles. The molecular formula is C34H33ClO8. The van der Waals surface area contributed by atoms with Crippen LogP contribution in [0.15, 0.2) is 103 Å². The van der Waals surface area contributed by atoms with Gasteiger partial charge in [-0.05, 0) is 58.7 Å². The van der Waals surface area contributed by atoms with E-state index in [4.69, 9.17) is 30.5 Å². The smallest absolute Gasteiger partial charge is 0.336 e. The summed E-state index contributed by atoms with van der Waals surface area (Å²) >= 11 is 6.05. The second-order valence-electron chi connectivity index (χ2n) is 10.5. The number of hydrogen-bond donors (Lipinski definition) is 3. The summed E-state index contributed by atoms with van der Waals surface area (Å²) in [7, 11) is 3.17. The molecule has 1 fully saturated rings. The summed E-state index contributed by atoms with van der Waals surface area (Å²) in [5.41, 5.74) is -0.373. The van der Waals surface area contributed by atoms with Crippen LogP contribution in [0.3, 0.4) is 0 Å². The highest BCUT2D eigenvalue weighted by Gasteiger charge is 2.59. The maximum absolute atomic E-state index is 12.3. The number of aliphatic hydroxyl groups excluding tert-OH is 1. The zero-order valence-electron chi connectivity index (χ0n) is 23.7. The van der Waals surface area contributed by atoms with Crippen molar-refractivity contribution in [3.05, 3.63) is 130 Å². The lowest BCUT2D eigenvalue weighted by Crippen LogP contribution is -2.52. The third-order valence-corrected chi connectivity index (χ3v) is 8.25. The van der Waals surface area contributed by atoms with Gasteiger partial charge in [-0.15, -0.1) is 0 Å². The number of benzene rings is 4. The summed E-state index contributed by atoms with van der Waals surface area (Å²) < 4.78 is 23.1. The molecule has 0 unspecified atom stereocenters.